The van der Waals surface area contributed by atoms with Crippen LogP contribution in [0.25, 0.3) is 55.6 Å². The first-order valence-corrected chi connectivity index (χ1v) is 18.1. The van der Waals surface area contributed by atoms with Gasteiger partial charge in [-0.25, -0.2) is 0 Å². The predicted octanol–water partition coefficient (Wildman–Crippen LogP) is 12.8. The van der Waals surface area contributed by atoms with E-state index in [1.807, 2.05) is 30.6 Å². The second-order valence-corrected chi connectivity index (χ2v) is 14.6. The normalized spacial score (nSPS) is 11.3. The summed E-state index contributed by atoms with van der Waals surface area (Å²) in [5.41, 5.74) is 14.2. The Morgan fingerprint density at radius 1 is 0.679 bits per heavy atom. The second-order valence-electron chi connectivity index (χ2n) is 14.6. The number of pyridine rings is 2. The standard InChI is InChI=1S/C32H24NO.C17H20N.Ir/c1-32(2,24-12-7-4-8-13-24)25-18-19-33-29(21-25)23-16-17-30-28(20-23)27-15-9-14-26(31(27)34-30)22-10-5-3-6-11-22;1-12(2)9-16-11-18-17(10-14(16)4)15-7-5-13(3)6-8-15;/h3-15,17-21H,1-2H3;5-7,10-12H,9H2,1-4H3;/q2*-1;. The fourth-order valence-corrected chi connectivity index (χ4v) is 6.77. The van der Waals surface area contributed by atoms with Crippen molar-refractivity contribution < 1.29 is 24.5 Å². The Kier molecular flexibility index (Phi) is 11.5. The van der Waals surface area contributed by atoms with Crippen molar-refractivity contribution in [3.8, 4) is 33.6 Å². The Bertz CT molecular complexity index is 2450. The van der Waals surface area contributed by atoms with E-state index in [0.717, 1.165) is 62.0 Å². The summed E-state index contributed by atoms with van der Waals surface area (Å²) in [5, 5.41) is 2.18. The molecule has 0 bridgehead atoms. The summed E-state index contributed by atoms with van der Waals surface area (Å²) in [7, 11) is 0. The molecule has 5 aromatic carbocycles. The molecule has 4 heteroatoms. The maximum atomic E-state index is 6.31. The van der Waals surface area contributed by atoms with Crippen molar-refractivity contribution in [2.45, 2.75) is 53.4 Å². The minimum Gasteiger partial charge on any atom is -0.500 e. The van der Waals surface area contributed by atoms with Gasteiger partial charge < -0.3 is 14.4 Å². The molecule has 0 aliphatic carbocycles. The molecule has 8 aromatic rings. The van der Waals surface area contributed by atoms with E-state index in [9.17, 15) is 0 Å². The number of para-hydroxylation sites is 1. The van der Waals surface area contributed by atoms with Gasteiger partial charge in [0.05, 0.1) is 5.58 Å². The maximum absolute atomic E-state index is 6.31. The minimum absolute atomic E-state index is 0. The molecule has 53 heavy (non-hydrogen) atoms. The van der Waals surface area contributed by atoms with E-state index in [2.05, 4.69) is 168 Å². The number of furan rings is 1. The predicted molar refractivity (Wildman–Crippen MR) is 216 cm³/mol. The van der Waals surface area contributed by atoms with Gasteiger partial charge in [-0.2, -0.15) is 0 Å². The molecule has 0 fully saturated rings. The van der Waals surface area contributed by atoms with Gasteiger partial charge in [-0.1, -0.05) is 137 Å². The van der Waals surface area contributed by atoms with Gasteiger partial charge in [-0.05, 0) is 59.0 Å². The van der Waals surface area contributed by atoms with E-state index >= 15 is 0 Å². The van der Waals surface area contributed by atoms with Crippen LogP contribution in [0.15, 0.2) is 144 Å². The third kappa shape index (κ3) is 8.25. The van der Waals surface area contributed by atoms with Crippen LogP contribution in [0.3, 0.4) is 0 Å². The van der Waals surface area contributed by atoms with E-state index in [1.165, 1.54) is 27.8 Å². The molecule has 0 aliphatic rings. The van der Waals surface area contributed by atoms with Gasteiger partial charge in [-0.15, -0.1) is 59.2 Å². The van der Waals surface area contributed by atoms with Crippen molar-refractivity contribution >= 4 is 21.9 Å². The molecule has 0 saturated carbocycles. The van der Waals surface area contributed by atoms with Crippen LogP contribution in [0.4, 0.5) is 0 Å². The second kappa shape index (κ2) is 16.3. The monoisotopic (exact) mass is 869 g/mol. The largest absolute Gasteiger partial charge is 0.500 e. The Balaban J connectivity index is 0.000000215. The number of hydrogen-bond donors (Lipinski definition) is 0. The molecular weight excluding hydrogens is 825 g/mol. The van der Waals surface area contributed by atoms with Crippen molar-refractivity contribution in [2.75, 3.05) is 0 Å². The van der Waals surface area contributed by atoms with Gasteiger partial charge in [0.25, 0.3) is 0 Å². The van der Waals surface area contributed by atoms with E-state index in [1.54, 1.807) is 0 Å². The quantitative estimate of drug-likeness (QED) is 0.150. The molecule has 3 aromatic heterocycles. The molecule has 0 atom stereocenters. The molecule has 0 aliphatic heterocycles. The summed E-state index contributed by atoms with van der Waals surface area (Å²) in [6.07, 6.45) is 5.00. The molecule has 8 rings (SSSR count). The molecule has 0 spiro atoms. The van der Waals surface area contributed by atoms with Crippen LogP contribution in [0.5, 0.6) is 0 Å². The first kappa shape index (κ1) is 37.6. The molecule has 0 N–H and O–H groups in total. The summed E-state index contributed by atoms with van der Waals surface area (Å²) in [6, 6.07) is 50.7. The zero-order valence-electron chi connectivity index (χ0n) is 31.2. The van der Waals surface area contributed by atoms with Crippen molar-refractivity contribution in [1.29, 1.82) is 0 Å². The number of aryl methyl sites for hydroxylation is 2. The van der Waals surface area contributed by atoms with Gasteiger partial charge >= 0.3 is 0 Å². The van der Waals surface area contributed by atoms with Crippen LogP contribution in [-0.2, 0) is 31.9 Å². The summed E-state index contributed by atoms with van der Waals surface area (Å²) in [4.78, 5) is 9.25. The Morgan fingerprint density at radius 3 is 2.09 bits per heavy atom. The Hall–Kier alpha value is -5.15. The van der Waals surface area contributed by atoms with Crippen LogP contribution < -0.4 is 0 Å². The van der Waals surface area contributed by atoms with Gasteiger partial charge in [0.2, 0.25) is 0 Å². The third-order valence-electron chi connectivity index (χ3n) is 9.86. The van der Waals surface area contributed by atoms with E-state index in [0.29, 0.717) is 5.92 Å². The molecule has 267 valence electrons. The molecule has 0 unspecified atom stereocenters. The van der Waals surface area contributed by atoms with Crippen LogP contribution >= 0.6 is 0 Å². The Morgan fingerprint density at radius 2 is 1.40 bits per heavy atom. The Labute approximate surface area is 327 Å². The van der Waals surface area contributed by atoms with Crippen molar-refractivity contribution in [1.82, 2.24) is 9.97 Å². The van der Waals surface area contributed by atoms with Crippen molar-refractivity contribution in [3.05, 3.63) is 180 Å². The molecule has 0 saturated heterocycles. The number of nitrogens with zero attached hydrogens (tertiary/aromatic N) is 2. The third-order valence-corrected chi connectivity index (χ3v) is 9.86. The topological polar surface area (TPSA) is 38.9 Å². The van der Waals surface area contributed by atoms with Gasteiger partial charge in [-0.3, -0.25) is 0 Å². The fourth-order valence-electron chi connectivity index (χ4n) is 6.77. The first-order chi connectivity index (χ1) is 25.2. The maximum Gasteiger partial charge on any atom is 0.128 e. The van der Waals surface area contributed by atoms with Crippen molar-refractivity contribution in [2.24, 2.45) is 5.92 Å². The average Bonchev–Trinajstić information content (AvgIpc) is 3.55. The zero-order valence-corrected chi connectivity index (χ0v) is 33.6. The smallest absolute Gasteiger partial charge is 0.128 e. The zero-order chi connectivity index (χ0) is 36.2. The van der Waals surface area contributed by atoms with E-state index < -0.39 is 0 Å². The van der Waals surface area contributed by atoms with Crippen LogP contribution in [0, 0.1) is 31.9 Å². The van der Waals surface area contributed by atoms with Gasteiger partial charge in [0.1, 0.15) is 5.58 Å². The van der Waals surface area contributed by atoms with Crippen LogP contribution in [-0.4, -0.2) is 9.97 Å². The number of aromatic nitrogens is 2. The summed E-state index contributed by atoms with van der Waals surface area (Å²) >= 11 is 0. The van der Waals surface area contributed by atoms with E-state index in [4.69, 9.17) is 9.40 Å². The van der Waals surface area contributed by atoms with Crippen LogP contribution in [0.1, 0.15) is 55.5 Å². The van der Waals surface area contributed by atoms with Crippen LogP contribution in [0.2, 0.25) is 0 Å². The molecule has 1 radical (unpaired) electrons. The molecule has 3 heterocycles. The summed E-state index contributed by atoms with van der Waals surface area (Å²) in [6.45, 7) is 13.2. The minimum atomic E-state index is -0.129. The van der Waals surface area contributed by atoms with Crippen molar-refractivity contribution in [3.63, 3.8) is 0 Å². The number of hydrogen-bond acceptors (Lipinski definition) is 3. The summed E-state index contributed by atoms with van der Waals surface area (Å²) < 4.78 is 6.31. The SMILES string of the molecule is CC(C)(c1ccccc1)c1ccnc(-c2[c-]cc3oc4c(-c5ccccc5)cccc4c3c2)c1.Cc1c[c-]c(-c2cc(C)c(CC(C)C)cn2)cc1.[Ir]. The average molecular weight is 869 g/mol. The molecule has 0 amide bonds. The van der Waals surface area contributed by atoms with E-state index in [-0.39, 0.29) is 25.5 Å². The first-order valence-electron chi connectivity index (χ1n) is 18.1. The molecular formula is C49H44IrN2O-2. The van der Waals surface area contributed by atoms with Gasteiger partial charge in [0, 0.05) is 48.9 Å². The number of rotatable bonds is 7. The van der Waals surface area contributed by atoms with Gasteiger partial charge in [0.15, 0.2) is 0 Å². The number of fused-ring (bicyclic) bond motifs is 3. The summed E-state index contributed by atoms with van der Waals surface area (Å²) in [5.74, 6) is 0.669. The molecule has 3 nitrogen and oxygen atoms in total. The number of benzene rings is 5. The fraction of sp³-hybridized carbons (Fsp3) is 0.184.